The quantitative estimate of drug-likeness (QED) is 0.140. The molecule has 3 aliphatic heterocycles. The van der Waals surface area contributed by atoms with Crippen molar-refractivity contribution in [1.29, 1.82) is 0 Å². The summed E-state index contributed by atoms with van der Waals surface area (Å²) in [4.78, 5) is 14.2. The fraction of sp³-hybridized carbons (Fsp3) is 0.946. The average molecular weight is 732 g/mol. The number of rotatable bonds is 8. The van der Waals surface area contributed by atoms with Crippen LogP contribution in [0.5, 0.6) is 0 Å². The fourth-order valence-corrected chi connectivity index (χ4v) is 8.30. The Bertz CT molecular complexity index is 1130. The Morgan fingerprint density at radius 1 is 0.961 bits per heavy atom. The number of aliphatic hydroxyl groups is 2. The summed E-state index contributed by atoms with van der Waals surface area (Å²) in [6.45, 7) is 19.5. The molecule has 0 aromatic carbocycles. The van der Waals surface area contributed by atoms with Crippen molar-refractivity contribution in [1.82, 2.24) is 10.6 Å². The SMILES string of the molecule is CCC1OC(=O)[C@H](C)C(O[C@H]2C[C@@](C)(OC)[C@@H](O)[C@H](C)O2)[C@H](C)[C@@H](O[C@@H]2O[C@H](C)C[C@H](NC)[C@H]2O)[C@@](C)(OC)C[C@@H](C)/C(=N\O)C(C)CNC1C. The number of likely N-dealkylation sites (N-methyl/N-ethyl adjacent to an activating group) is 1. The highest BCUT2D eigenvalue weighted by molar-refractivity contribution is 5.88. The first-order valence-electron chi connectivity index (χ1n) is 18.8. The van der Waals surface area contributed by atoms with Crippen LogP contribution in [0.2, 0.25) is 0 Å². The van der Waals surface area contributed by atoms with Crippen LogP contribution in [-0.4, -0.2) is 134 Å². The molecule has 0 aromatic rings. The van der Waals surface area contributed by atoms with Gasteiger partial charge in [-0.1, -0.05) is 32.9 Å². The minimum absolute atomic E-state index is 0.157. The molecule has 298 valence electrons. The summed E-state index contributed by atoms with van der Waals surface area (Å²) in [6, 6.07) is -0.473. The van der Waals surface area contributed by atoms with E-state index in [1.807, 2.05) is 55.4 Å². The number of carbonyl (C=O) groups is 1. The van der Waals surface area contributed by atoms with Gasteiger partial charge in [-0.05, 0) is 67.9 Å². The van der Waals surface area contributed by atoms with E-state index in [2.05, 4.69) is 15.8 Å². The smallest absolute Gasteiger partial charge is 0.311 e. The third-order valence-corrected chi connectivity index (χ3v) is 11.8. The van der Waals surface area contributed by atoms with Gasteiger partial charge in [-0.15, -0.1) is 0 Å². The molecule has 5 N–H and O–H groups in total. The molecule has 3 heterocycles. The topological polar surface area (TPSA) is 179 Å². The first kappa shape index (κ1) is 43.9. The summed E-state index contributed by atoms with van der Waals surface area (Å²) in [5.74, 6) is -2.28. The molecule has 0 amide bonds. The lowest BCUT2D eigenvalue weighted by Crippen LogP contribution is -2.60. The van der Waals surface area contributed by atoms with Gasteiger partial charge in [-0.3, -0.25) is 4.79 Å². The fourth-order valence-electron chi connectivity index (χ4n) is 8.30. The largest absolute Gasteiger partial charge is 0.460 e. The van der Waals surface area contributed by atoms with Gasteiger partial charge in [0.15, 0.2) is 12.6 Å². The number of methoxy groups -OCH3 is 2. The predicted octanol–water partition coefficient (Wildman–Crippen LogP) is 3.22. The number of nitrogens with zero attached hydrogens (tertiary/aromatic N) is 1. The third kappa shape index (κ3) is 10.2. The lowest BCUT2D eigenvalue weighted by molar-refractivity contribution is -0.317. The average Bonchev–Trinajstić information content (AvgIpc) is 3.09. The lowest BCUT2D eigenvalue weighted by atomic mass is 9.76. The number of nitrogens with one attached hydrogen (secondary N) is 2. The number of hydrogen-bond acceptors (Lipinski definition) is 14. The number of hydrogen-bond donors (Lipinski definition) is 5. The van der Waals surface area contributed by atoms with Crippen LogP contribution in [0.1, 0.15) is 94.9 Å². The van der Waals surface area contributed by atoms with E-state index in [0.29, 0.717) is 31.5 Å². The van der Waals surface area contributed by atoms with Crippen LogP contribution in [0.3, 0.4) is 0 Å². The highest BCUT2D eigenvalue weighted by atomic mass is 16.7. The van der Waals surface area contributed by atoms with E-state index in [9.17, 15) is 20.2 Å². The van der Waals surface area contributed by atoms with Gasteiger partial charge in [0.2, 0.25) is 0 Å². The minimum Gasteiger partial charge on any atom is -0.460 e. The zero-order valence-electron chi connectivity index (χ0n) is 33.3. The van der Waals surface area contributed by atoms with Crippen molar-refractivity contribution in [3.63, 3.8) is 0 Å². The Hall–Kier alpha value is -1.46. The summed E-state index contributed by atoms with van der Waals surface area (Å²) in [6.07, 6.45) is -5.07. The lowest BCUT2D eigenvalue weighted by Gasteiger charge is -2.49. The molecule has 3 fully saturated rings. The highest BCUT2D eigenvalue weighted by Crippen LogP contribution is 2.40. The molecule has 3 aliphatic rings. The van der Waals surface area contributed by atoms with Crippen LogP contribution >= 0.6 is 0 Å². The molecule has 14 nitrogen and oxygen atoms in total. The molecule has 0 bridgehead atoms. The van der Waals surface area contributed by atoms with Gasteiger partial charge in [0.25, 0.3) is 0 Å². The zero-order chi connectivity index (χ0) is 38.4. The van der Waals surface area contributed by atoms with E-state index in [4.69, 9.17) is 33.2 Å². The summed E-state index contributed by atoms with van der Waals surface area (Å²) in [5, 5.41) is 43.1. The van der Waals surface area contributed by atoms with Gasteiger partial charge in [0.05, 0.1) is 47.2 Å². The molecule has 3 saturated heterocycles. The normalized spacial score (nSPS) is 47.7. The standard InChI is InChI=1S/C37H69N3O11/c1-14-27-24(7)39-18-20(3)29(40-44)19(2)16-37(10,46-13)33(51-35-30(41)26(38-11)15-21(4)47-35)22(5)31(23(6)34(43)49-27)50-28-17-36(9,45-12)32(42)25(8)48-28/h19-28,30-33,35,38-39,41-42,44H,14-18H2,1-13H3/b40-29+/t19-,20?,21-,22+,23-,24?,25+,26+,27?,28+,30-,31?,32+,33-,35+,36-,37+/m1/s1. The first-order valence-corrected chi connectivity index (χ1v) is 18.8. The maximum Gasteiger partial charge on any atom is 0.311 e. The number of aliphatic hydroxyl groups excluding tert-OH is 2. The molecule has 0 saturated carbocycles. The maximum absolute atomic E-state index is 14.2. The Morgan fingerprint density at radius 3 is 2.18 bits per heavy atom. The Labute approximate surface area is 305 Å². The van der Waals surface area contributed by atoms with E-state index in [1.54, 1.807) is 35.1 Å². The van der Waals surface area contributed by atoms with Crippen LogP contribution in [-0.2, 0) is 38.0 Å². The summed E-state index contributed by atoms with van der Waals surface area (Å²) >= 11 is 0. The molecule has 0 spiro atoms. The van der Waals surface area contributed by atoms with Gasteiger partial charge in [0.1, 0.15) is 18.3 Å². The first-order chi connectivity index (χ1) is 23.9. The van der Waals surface area contributed by atoms with E-state index in [-0.39, 0.29) is 36.4 Å². The summed E-state index contributed by atoms with van der Waals surface area (Å²) in [7, 11) is 4.93. The second kappa shape index (κ2) is 18.7. The Kier molecular flexibility index (Phi) is 16.1. The van der Waals surface area contributed by atoms with Crippen molar-refractivity contribution in [3.8, 4) is 0 Å². The van der Waals surface area contributed by atoms with E-state index in [1.165, 1.54) is 0 Å². The predicted molar refractivity (Wildman–Crippen MR) is 191 cm³/mol. The van der Waals surface area contributed by atoms with E-state index >= 15 is 0 Å². The molecular weight excluding hydrogens is 662 g/mol. The van der Waals surface area contributed by atoms with Crippen molar-refractivity contribution >= 4 is 11.7 Å². The number of ether oxygens (including phenoxy) is 7. The van der Waals surface area contributed by atoms with Crippen molar-refractivity contribution in [3.05, 3.63) is 0 Å². The molecule has 3 rings (SSSR count). The number of cyclic esters (lactones) is 1. The van der Waals surface area contributed by atoms with Crippen molar-refractivity contribution < 1.29 is 53.4 Å². The van der Waals surface area contributed by atoms with Gasteiger partial charge in [-0.2, -0.15) is 0 Å². The zero-order valence-corrected chi connectivity index (χ0v) is 33.3. The van der Waals surface area contributed by atoms with E-state index < -0.39 is 78.2 Å². The molecular formula is C37H69N3O11. The molecule has 0 aromatic heterocycles. The molecule has 51 heavy (non-hydrogen) atoms. The van der Waals surface area contributed by atoms with Crippen molar-refractivity contribution in [2.24, 2.45) is 28.8 Å². The third-order valence-electron chi connectivity index (χ3n) is 11.8. The van der Waals surface area contributed by atoms with Crippen LogP contribution < -0.4 is 10.6 Å². The summed E-state index contributed by atoms with van der Waals surface area (Å²) < 4.78 is 44.4. The van der Waals surface area contributed by atoms with Gasteiger partial charge in [0, 0.05) is 57.0 Å². The maximum atomic E-state index is 14.2. The molecule has 0 aliphatic carbocycles. The Morgan fingerprint density at radius 2 is 1.61 bits per heavy atom. The second-order valence-electron chi connectivity index (χ2n) is 15.8. The van der Waals surface area contributed by atoms with Gasteiger partial charge in [-0.25, -0.2) is 0 Å². The number of esters is 1. The van der Waals surface area contributed by atoms with Crippen molar-refractivity contribution in [2.75, 3.05) is 27.8 Å². The molecule has 4 unspecified atom stereocenters. The van der Waals surface area contributed by atoms with Gasteiger partial charge < -0.3 is 59.2 Å². The number of carbonyl (C=O) groups excluding carboxylic acids is 1. The summed E-state index contributed by atoms with van der Waals surface area (Å²) in [5.41, 5.74) is -1.46. The monoisotopic (exact) mass is 731 g/mol. The minimum atomic E-state index is -1.08. The second-order valence-corrected chi connectivity index (χ2v) is 15.8. The highest BCUT2D eigenvalue weighted by Gasteiger charge is 2.52. The van der Waals surface area contributed by atoms with Crippen LogP contribution in [0.25, 0.3) is 0 Å². The molecule has 0 radical (unpaired) electrons. The van der Waals surface area contributed by atoms with Crippen molar-refractivity contribution in [2.45, 2.75) is 174 Å². The van der Waals surface area contributed by atoms with Crippen LogP contribution in [0, 0.1) is 23.7 Å². The van der Waals surface area contributed by atoms with E-state index in [0.717, 1.165) is 0 Å². The molecule has 14 heteroatoms. The van der Waals surface area contributed by atoms with Crippen LogP contribution in [0.4, 0.5) is 0 Å². The van der Waals surface area contributed by atoms with Gasteiger partial charge >= 0.3 is 5.97 Å². The molecule has 17 atom stereocenters. The number of oxime groups is 1. The van der Waals surface area contributed by atoms with Crippen LogP contribution in [0.15, 0.2) is 5.16 Å². The Balaban J connectivity index is 2.19.